The molecule has 0 saturated carbocycles. The minimum absolute atomic E-state index is 0.0546. The maximum atomic E-state index is 11.2. The van der Waals surface area contributed by atoms with Crippen molar-refractivity contribution in [1.29, 1.82) is 0 Å². The van der Waals surface area contributed by atoms with E-state index in [1.165, 1.54) is 4.90 Å². The van der Waals surface area contributed by atoms with Gasteiger partial charge in [0.05, 0.1) is 0 Å². The van der Waals surface area contributed by atoms with E-state index in [1.807, 2.05) is 18.4 Å². The second-order valence-electron chi connectivity index (χ2n) is 3.10. The summed E-state index contributed by atoms with van der Waals surface area (Å²) in [4.78, 5) is 12.4. The molecule has 1 aromatic rings. The maximum Gasteiger partial charge on any atom is 0.221 e. The van der Waals surface area contributed by atoms with E-state index in [0.717, 1.165) is 5.56 Å². The van der Waals surface area contributed by atoms with Crippen LogP contribution in [-0.2, 0) is 11.3 Å². The van der Waals surface area contributed by atoms with Crippen LogP contribution in [-0.4, -0.2) is 17.9 Å². The summed E-state index contributed by atoms with van der Waals surface area (Å²) in [6, 6.07) is 8.19. The summed E-state index contributed by atoms with van der Waals surface area (Å²) >= 11 is 5.72. The van der Waals surface area contributed by atoms with Crippen molar-refractivity contribution >= 4 is 30.3 Å². The molecule has 82 valence electrons. The van der Waals surface area contributed by atoms with E-state index < -0.39 is 0 Å². The van der Waals surface area contributed by atoms with Gasteiger partial charge < -0.3 is 5.32 Å². The van der Waals surface area contributed by atoms with Crippen LogP contribution in [0.3, 0.4) is 0 Å². The van der Waals surface area contributed by atoms with Crippen molar-refractivity contribution in [3.8, 4) is 0 Å². The smallest absolute Gasteiger partial charge is 0.221 e. The topological polar surface area (TPSA) is 29.1 Å². The third-order valence-electron chi connectivity index (χ3n) is 1.99. The van der Waals surface area contributed by atoms with Gasteiger partial charge in [-0.25, -0.2) is 0 Å². The Bertz CT molecular complexity index is 311. The Labute approximate surface area is 100 Å². The Kier molecular flexibility index (Phi) is 5.65. The molecule has 0 heterocycles. The predicted molar refractivity (Wildman–Crippen MR) is 68.5 cm³/mol. The standard InChI is InChI=1S/C11H15NOS2/c1-15-10-4-2-9(3-5-10)8-12-11(13)6-7-14/h2-5,14H,6-8H2,1H3,(H,12,13). The van der Waals surface area contributed by atoms with E-state index in [9.17, 15) is 4.79 Å². The molecular formula is C11H15NOS2. The number of hydrogen-bond acceptors (Lipinski definition) is 3. The second-order valence-corrected chi connectivity index (χ2v) is 4.43. The normalized spacial score (nSPS) is 10.0. The van der Waals surface area contributed by atoms with Crippen LogP contribution in [0.5, 0.6) is 0 Å². The first kappa shape index (κ1) is 12.5. The lowest BCUT2D eigenvalue weighted by Gasteiger charge is -2.04. The fraction of sp³-hybridized carbons (Fsp3) is 0.364. The van der Waals surface area contributed by atoms with E-state index in [1.54, 1.807) is 11.8 Å². The van der Waals surface area contributed by atoms with Gasteiger partial charge in [-0.15, -0.1) is 11.8 Å². The van der Waals surface area contributed by atoms with Crippen molar-refractivity contribution < 1.29 is 4.79 Å². The number of thiol groups is 1. The van der Waals surface area contributed by atoms with Crippen molar-refractivity contribution in [2.24, 2.45) is 0 Å². The summed E-state index contributed by atoms with van der Waals surface area (Å²) < 4.78 is 0. The first-order valence-corrected chi connectivity index (χ1v) is 6.62. The SMILES string of the molecule is CSc1ccc(CNC(=O)CCS)cc1. The first-order valence-electron chi connectivity index (χ1n) is 4.76. The van der Waals surface area contributed by atoms with Gasteiger partial charge in [-0.05, 0) is 29.7 Å². The highest BCUT2D eigenvalue weighted by atomic mass is 32.2. The zero-order valence-electron chi connectivity index (χ0n) is 8.69. The number of carbonyl (C=O) groups is 1. The fourth-order valence-corrected chi connectivity index (χ4v) is 1.75. The minimum Gasteiger partial charge on any atom is -0.352 e. The number of carbonyl (C=O) groups excluding carboxylic acids is 1. The summed E-state index contributed by atoms with van der Waals surface area (Å²) in [6.45, 7) is 0.598. The third-order valence-corrected chi connectivity index (χ3v) is 2.95. The number of amides is 1. The minimum atomic E-state index is 0.0546. The summed E-state index contributed by atoms with van der Waals surface area (Å²) in [5, 5.41) is 2.84. The van der Waals surface area contributed by atoms with Gasteiger partial charge >= 0.3 is 0 Å². The Morgan fingerprint density at radius 3 is 2.60 bits per heavy atom. The maximum absolute atomic E-state index is 11.2. The molecule has 2 nitrogen and oxygen atoms in total. The first-order chi connectivity index (χ1) is 7.26. The Morgan fingerprint density at radius 1 is 1.40 bits per heavy atom. The van der Waals surface area contributed by atoms with Gasteiger partial charge in [0.2, 0.25) is 5.91 Å². The largest absolute Gasteiger partial charge is 0.352 e. The van der Waals surface area contributed by atoms with Gasteiger partial charge in [0, 0.05) is 17.9 Å². The molecule has 1 amide bonds. The van der Waals surface area contributed by atoms with Gasteiger partial charge in [-0.3, -0.25) is 4.79 Å². The molecule has 0 radical (unpaired) electrons. The molecule has 0 bridgehead atoms. The number of nitrogens with one attached hydrogen (secondary N) is 1. The van der Waals surface area contributed by atoms with E-state index in [4.69, 9.17) is 0 Å². The Morgan fingerprint density at radius 2 is 2.07 bits per heavy atom. The third kappa shape index (κ3) is 4.62. The van der Waals surface area contributed by atoms with Gasteiger partial charge in [0.15, 0.2) is 0 Å². The number of thioether (sulfide) groups is 1. The van der Waals surface area contributed by atoms with Gasteiger partial charge in [-0.1, -0.05) is 12.1 Å². The molecule has 1 N–H and O–H groups in total. The van der Waals surface area contributed by atoms with Crippen molar-refractivity contribution in [3.63, 3.8) is 0 Å². The number of rotatable bonds is 5. The van der Waals surface area contributed by atoms with Crippen LogP contribution >= 0.6 is 24.4 Å². The Balaban J connectivity index is 2.40. The molecule has 0 spiro atoms. The zero-order chi connectivity index (χ0) is 11.1. The molecule has 0 saturated heterocycles. The van der Waals surface area contributed by atoms with E-state index >= 15 is 0 Å². The average molecular weight is 241 g/mol. The average Bonchev–Trinajstić information content (AvgIpc) is 2.27. The molecule has 1 rings (SSSR count). The summed E-state index contributed by atoms with van der Waals surface area (Å²) in [5.41, 5.74) is 1.13. The van der Waals surface area contributed by atoms with Gasteiger partial charge in [0.1, 0.15) is 0 Å². The van der Waals surface area contributed by atoms with E-state index in [0.29, 0.717) is 18.7 Å². The van der Waals surface area contributed by atoms with Crippen LogP contribution in [0.15, 0.2) is 29.2 Å². The van der Waals surface area contributed by atoms with Gasteiger partial charge in [0.25, 0.3) is 0 Å². The quantitative estimate of drug-likeness (QED) is 0.612. The molecule has 4 heteroatoms. The number of benzene rings is 1. The molecule has 1 aromatic carbocycles. The highest BCUT2D eigenvalue weighted by Gasteiger charge is 1.99. The second kappa shape index (κ2) is 6.80. The van der Waals surface area contributed by atoms with Gasteiger partial charge in [-0.2, -0.15) is 12.6 Å². The van der Waals surface area contributed by atoms with Crippen molar-refractivity contribution in [1.82, 2.24) is 5.32 Å². The highest BCUT2D eigenvalue weighted by molar-refractivity contribution is 7.98. The lowest BCUT2D eigenvalue weighted by molar-refractivity contribution is -0.120. The molecule has 0 fully saturated rings. The van der Waals surface area contributed by atoms with E-state index in [-0.39, 0.29) is 5.91 Å². The molecular weight excluding hydrogens is 226 g/mol. The van der Waals surface area contributed by atoms with Crippen molar-refractivity contribution in [2.45, 2.75) is 17.9 Å². The van der Waals surface area contributed by atoms with Crippen LogP contribution in [0.4, 0.5) is 0 Å². The van der Waals surface area contributed by atoms with Crippen LogP contribution in [0.25, 0.3) is 0 Å². The molecule has 0 unspecified atom stereocenters. The van der Waals surface area contributed by atoms with Crippen molar-refractivity contribution in [3.05, 3.63) is 29.8 Å². The van der Waals surface area contributed by atoms with Crippen LogP contribution in [0, 0.1) is 0 Å². The predicted octanol–water partition coefficient (Wildman–Crippen LogP) is 2.34. The molecule has 0 aliphatic carbocycles. The monoisotopic (exact) mass is 241 g/mol. The Hall–Kier alpha value is -0.610. The number of hydrogen-bond donors (Lipinski definition) is 2. The summed E-state index contributed by atoms with van der Waals surface area (Å²) in [6.07, 6.45) is 2.52. The molecule has 0 aliphatic rings. The van der Waals surface area contributed by atoms with Crippen LogP contribution in [0.1, 0.15) is 12.0 Å². The lowest BCUT2D eigenvalue weighted by atomic mass is 10.2. The molecule has 0 atom stereocenters. The molecule has 0 aliphatic heterocycles. The lowest BCUT2D eigenvalue weighted by Crippen LogP contribution is -2.22. The van der Waals surface area contributed by atoms with Crippen LogP contribution < -0.4 is 5.32 Å². The van der Waals surface area contributed by atoms with Crippen LogP contribution in [0.2, 0.25) is 0 Å². The fourth-order valence-electron chi connectivity index (χ4n) is 1.13. The van der Waals surface area contributed by atoms with Crippen molar-refractivity contribution in [2.75, 3.05) is 12.0 Å². The molecule has 0 aromatic heterocycles. The summed E-state index contributed by atoms with van der Waals surface area (Å²) in [7, 11) is 0. The van der Waals surface area contributed by atoms with E-state index in [2.05, 4.69) is 30.1 Å². The molecule has 15 heavy (non-hydrogen) atoms. The summed E-state index contributed by atoms with van der Waals surface area (Å²) in [5.74, 6) is 0.649. The highest BCUT2D eigenvalue weighted by Crippen LogP contribution is 2.14. The zero-order valence-corrected chi connectivity index (χ0v) is 10.4.